The number of nitrogens with two attached hydrogens (primary N) is 1. The predicted octanol–water partition coefficient (Wildman–Crippen LogP) is 1.02. The normalized spacial score (nSPS) is 16.0. The van der Waals surface area contributed by atoms with Gasteiger partial charge in [-0.1, -0.05) is 5.21 Å². The minimum Gasteiger partial charge on any atom is -0.378 e. The van der Waals surface area contributed by atoms with E-state index in [1.807, 2.05) is 23.9 Å². The highest BCUT2D eigenvalue weighted by atomic mass is 16.5. The third kappa shape index (κ3) is 3.95. The summed E-state index contributed by atoms with van der Waals surface area (Å²) >= 11 is 0. The zero-order chi connectivity index (χ0) is 16.2. The highest BCUT2D eigenvalue weighted by molar-refractivity contribution is 5.43. The number of aromatic nitrogens is 5. The van der Waals surface area contributed by atoms with E-state index in [1.54, 1.807) is 7.11 Å². The van der Waals surface area contributed by atoms with Gasteiger partial charge < -0.3 is 15.4 Å². The van der Waals surface area contributed by atoms with Crippen molar-refractivity contribution >= 4 is 11.8 Å². The summed E-state index contributed by atoms with van der Waals surface area (Å²) in [7, 11) is 1.66. The summed E-state index contributed by atoms with van der Waals surface area (Å²) in [6, 6.07) is 1.99. The SMILES string of the molecule is COCc1cn(CC2CCN(c3cc(C)nc(N)n3)CC2)nn1. The largest absolute Gasteiger partial charge is 0.378 e. The van der Waals surface area contributed by atoms with Crippen LogP contribution in [0.2, 0.25) is 0 Å². The first kappa shape index (κ1) is 15.7. The molecular weight excluding hydrogens is 294 g/mol. The molecule has 0 bridgehead atoms. The summed E-state index contributed by atoms with van der Waals surface area (Å²) in [5, 5.41) is 8.27. The zero-order valence-corrected chi connectivity index (χ0v) is 13.6. The lowest BCUT2D eigenvalue weighted by Gasteiger charge is -2.32. The Labute approximate surface area is 135 Å². The molecule has 0 radical (unpaired) electrons. The van der Waals surface area contributed by atoms with Gasteiger partial charge in [0.1, 0.15) is 11.5 Å². The van der Waals surface area contributed by atoms with Gasteiger partial charge in [0.15, 0.2) is 0 Å². The van der Waals surface area contributed by atoms with Gasteiger partial charge in [0.05, 0.1) is 12.8 Å². The Hall–Kier alpha value is -2.22. The van der Waals surface area contributed by atoms with Crippen LogP contribution in [-0.2, 0) is 17.9 Å². The first-order chi connectivity index (χ1) is 11.1. The minimum absolute atomic E-state index is 0.343. The Balaban J connectivity index is 1.55. The first-order valence-corrected chi connectivity index (χ1v) is 7.88. The van der Waals surface area contributed by atoms with Crippen LogP contribution in [0, 0.1) is 12.8 Å². The molecule has 2 aromatic rings. The Bertz CT molecular complexity index is 629. The molecule has 1 saturated heterocycles. The topological polar surface area (TPSA) is 95.0 Å². The molecule has 3 rings (SSSR count). The Morgan fingerprint density at radius 1 is 1.30 bits per heavy atom. The molecule has 0 unspecified atom stereocenters. The van der Waals surface area contributed by atoms with Gasteiger partial charge in [0, 0.05) is 38.5 Å². The maximum Gasteiger partial charge on any atom is 0.222 e. The summed E-state index contributed by atoms with van der Waals surface area (Å²) < 4.78 is 6.99. The fourth-order valence-electron chi connectivity index (χ4n) is 2.99. The van der Waals surface area contributed by atoms with Crippen molar-refractivity contribution in [3.8, 4) is 0 Å². The van der Waals surface area contributed by atoms with Crippen LogP contribution >= 0.6 is 0 Å². The van der Waals surface area contributed by atoms with Crippen LogP contribution in [0.1, 0.15) is 24.2 Å². The third-order valence-corrected chi connectivity index (χ3v) is 4.12. The van der Waals surface area contributed by atoms with E-state index < -0.39 is 0 Å². The zero-order valence-electron chi connectivity index (χ0n) is 13.6. The second-order valence-corrected chi connectivity index (χ2v) is 6.02. The third-order valence-electron chi connectivity index (χ3n) is 4.12. The van der Waals surface area contributed by atoms with E-state index in [2.05, 4.69) is 25.2 Å². The summed E-state index contributed by atoms with van der Waals surface area (Å²) in [6.45, 7) is 5.29. The molecule has 0 aliphatic carbocycles. The number of methoxy groups -OCH3 is 1. The first-order valence-electron chi connectivity index (χ1n) is 7.88. The maximum absolute atomic E-state index is 5.74. The number of hydrogen-bond donors (Lipinski definition) is 1. The molecule has 1 aliphatic rings. The fraction of sp³-hybridized carbons (Fsp3) is 0.600. The molecule has 0 saturated carbocycles. The average molecular weight is 317 g/mol. The van der Waals surface area contributed by atoms with Crippen molar-refractivity contribution in [1.29, 1.82) is 0 Å². The van der Waals surface area contributed by atoms with Crippen molar-refractivity contribution in [2.24, 2.45) is 5.92 Å². The molecule has 23 heavy (non-hydrogen) atoms. The van der Waals surface area contributed by atoms with Crippen LogP contribution < -0.4 is 10.6 Å². The van der Waals surface area contributed by atoms with Crippen molar-refractivity contribution in [2.75, 3.05) is 30.8 Å². The van der Waals surface area contributed by atoms with E-state index in [0.29, 0.717) is 18.5 Å². The van der Waals surface area contributed by atoms with Crippen molar-refractivity contribution in [2.45, 2.75) is 32.9 Å². The molecule has 3 heterocycles. The number of ether oxygens (including phenoxy) is 1. The molecule has 0 spiro atoms. The summed E-state index contributed by atoms with van der Waals surface area (Å²) in [4.78, 5) is 10.7. The Morgan fingerprint density at radius 2 is 2.09 bits per heavy atom. The Morgan fingerprint density at radius 3 is 2.78 bits per heavy atom. The number of nitrogen functional groups attached to an aromatic ring is 1. The standard InChI is InChI=1S/C15H23N7O/c1-11-7-14(18-15(16)17-11)21-5-3-12(4-6-21)8-22-9-13(10-23-2)19-20-22/h7,9,12H,3-6,8,10H2,1-2H3,(H2,16,17,18). The number of nitrogens with zero attached hydrogens (tertiary/aromatic N) is 6. The molecule has 0 aromatic carbocycles. The van der Waals surface area contributed by atoms with Crippen LogP contribution in [0.5, 0.6) is 0 Å². The predicted molar refractivity (Wildman–Crippen MR) is 86.9 cm³/mol. The van der Waals surface area contributed by atoms with Crippen LogP contribution in [-0.4, -0.2) is 45.2 Å². The van der Waals surface area contributed by atoms with Gasteiger partial charge in [0.25, 0.3) is 0 Å². The van der Waals surface area contributed by atoms with Crippen molar-refractivity contribution in [3.63, 3.8) is 0 Å². The van der Waals surface area contributed by atoms with Gasteiger partial charge in [-0.2, -0.15) is 4.98 Å². The molecular formula is C15H23N7O. The summed E-state index contributed by atoms with van der Waals surface area (Å²) in [5.41, 5.74) is 7.52. The van der Waals surface area contributed by atoms with E-state index in [1.165, 1.54) is 0 Å². The maximum atomic E-state index is 5.74. The van der Waals surface area contributed by atoms with Crippen LogP contribution in [0.25, 0.3) is 0 Å². The van der Waals surface area contributed by atoms with E-state index in [0.717, 1.165) is 49.7 Å². The van der Waals surface area contributed by atoms with Gasteiger partial charge in [-0.25, -0.2) is 4.98 Å². The molecule has 2 aromatic heterocycles. The summed E-state index contributed by atoms with van der Waals surface area (Å²) in [6.07, 6.45) is 4.16. The van der Waals surface area contributed by atoms with E-state index in [-0.39, 0.29) is 0 Å². The molecule has 1 fully saturated rings. The number of anilines is 2. The lowest BCUT2D eigenvalue weighted by molar-refractivity contribution is 0.181. The number of hydrogen-bond acceptors (Lipinski definition) is 7. The number of rotatable bonds is 5. The van der Waals surface area contributed by atoms with E-state index in [9.17, 15) is 0 Å². The molecule has 1 aliphatic heterocycles. The quantitative estimate of drug-likeness (QED) is 0.879. The Kier molecular flexibility index (Phi) is 4.71. The second kappa shape index (κ2) is 6.91. The second-order valence-electron chi connectivity index (χ2n) is 6.02. The van der Waals surface area contributed by atoms with Gasteiger partial charge >= 0.3 is 0 Å². The van der Waals surface area contributed by atoms with E-state index >= 15 is 0 Å². The molecule has 8 nitrogen and oxygen atoms in total. The number of piperidine rings is 1. The minimum atomic E-state index is 0.343. The lowest BCUT2D eigenvalue weighted by Crippen LogP contribution is -2.35. The van der Waals surface area contributed by atoms with Gasteiger partial charge in [-0.15, -0.1) is 5.10 Å². The molecule has 0 atom stereocenters. The molecule has 2 N–H and O–H groups in total. The molecule has 0 amide bonds. The highest BCUT2D eigenvalue weighted by Gasteiger charge is 2.21. The van der Waals surface area contributed by atoms with Crippen LogP contribution in [0.3, 0.4) is 0 Å². The van der Waals surface area contributed by atoms with Gasteiger partial charge in [-0.05, 0) is 25.7 Å². The van der Waals surface area contributed by atoms with Crippen molar-refractivity contribution < 1.29 is 4.74 Å². The van der Waals surface area contributed by atoms with Crippen LogP contribution in [0.4, 0.5) is 11.8 Å². The fourth-order valence-corrected chi connectivity index (χ4v) is 2.99. The molecule has 8 heteroatoms. The number of aryl methyl sites for hydroxylation is 1. The highest BCUT2D eigenvalue weighted by Crippen LogP contribution is 2.23. The van der Waals surface area contributed by atoms with Crippen LogP contribution in [0.15, 0.2) is 12.3 Å². The molecule has 124 valence electrons. The van der Waals surface area contributed by atoms with Gasteiger partial charge in [0.2, 0.25) is 5.95 Å². The van der Waals surface area contributed by atoms with Crippen molar-refractivity contribution in [1.82, 2.24) is 25.0 Å². The summed E-state index contributed by atoms with van der Waals surface area (Å²) in [5.74, 6) is 1.87. The lowest BCUT2D eigenvalue weighted by atomic mass is 9.97. The van der Waals surface area contributed by atoms with E-state index in [4.69, 9.17) is 10.5 Å². The van der Waals surface area contributed by atoms with Crippen molar-refractivity contribution in [3.05, 3.63) is 23.7 Å². The van der Waals surface area contributed by atoms with Gasteiger partial charge in [-0.3, -0.25) is 4.68 Å². The smallest absolute Gasteiger partial charge is 0.222 e. The average Bonchev–Trinajstić information content (AvgIpc) is 2.95. The monoisotopic (exact) mass is 317 g/mol.